The van der Waals surface area contributed by atoms with Gasteiger partial charge in [0.1, 0.15) is 18.8 Å². The minimum absolute atomic E-state index is 0.440. The lowest BCUT2D eigenvalue weighted by atomic mass is 10.2. The van der Waals surface area contributed by atoms with Gasteiger partial charge in [-0.2, -0.15) is 0 Å². The van der Waals surface area contributed by atoms with Crippen LogP contribution < -0.4 is 16.0 Å². The zero-order chi connectivity index (χ0) is 13.7. The number of anilines is 1. The number of nitrogen functional groups attached to an aromatic ring is 1. The Hall–Kier alpha value is -1.66. The molecule has 1 heterocycles. The zero-order valence-corrected chi connectivity index (χ0v) is 12.1. The molecule has 1 aromatic heterocycles. The Labute approximate surface area is 120 Å². The number of nitrogens with one attached hydrogen (secondary N) is 1. The van der Waals surface area contributed by atoms with E-state index in [9.17, 15) is 0 Å². The summed E-state index contributed by atoms with van der Waals surface area (Å²) in [4.78, 5) is 8.22. The van der Waals surface area contributed by atoms with Crippen LogP contribution in [0.25, 0.3) is 0 Å². The largest absolute Gasteiger partial charge is 0.472 e. The topological polar surface area (TPSA) is 73.1 Å². The highest BCUT2D eigenvalue weighted by Crippen LogP contribution is 2.24. The Morgan fingerprint density at radius 1 is 1.32 bits per heavy atom. The maximum Gasteiger partial charge on any atom is 0.222 e. The van der Waals surface area contributed by atoms with Crippen LogP contribution in [0.4, 0.5) is 5.82 Å². The molecular weight excluding hydrogens is 308 g/mol. The van der Waals surface area contributed by atoms with Gasteiger partial charge in [0.15, 0.2) is 0 Å². The first-order valence-electron chi connectivity index (χ1n) is 5.93. The Morgan fingerprint density at radius 2 is 2.11 bits per heavy atom. The van der Waals surface area contributed by atoms with Crippen LogP contribution in [0.5, 0.6) is 5.88 Å². The molecule has 3 N–H and O–H groups in total. The summed E-state index contributed by atoms with van der Waals surface area (Å²) in [6.07, 6.45) is 2.18. The predicted molar refractivity (Wildman–Crippen MR) is 77.7 cm³/mol. The van der Waals surface area contributed by atoms with Crippen molar-refractivity contribution in [3.05, 3.63) is 46.2 Å². The SMILES string of the molecule is CCc1c(NN)ncnc1OCc1ccccc1Br. The van der Waals surface area contributed by atoms with Gasteiger partial charge in [0, 0.05) is 10.0 Å². The average molecular weight is 323 g/mol. The van der Waals surface area contributed by atoms with E-state index in [4.69, 9.17) is 10.6 Å². The van der Waals surface area contributed by atoms with Crippen molar-refractivity contribution in [2.75, 3.05) is 5.43 Å². The lowest BCUT2D eigenvalue weighted by molar-refractivity contribution is 0.289. The summed E-state index contributed by atoms with van der Waals surface area (Å²) >= 11 is 3.49. The molecular formula is C13H15BrN4O. The molecule has 0 amide bonds. The zero-order valence-electron chi connectivity index (χ0n) is 10.6. The van der Waals surface area contributed by atoms with Gasteiger partial charge in [-0.15, -0.1) is 0 Å². The number of nitrogens with zero attached hydrogens (tertiary/aromatic N) is 2. The second kappa shape index (κ2) is 6.49. The van der Waals surface area contributed by atoms with Crippen molar-refractivity contribution in [2.24, 2.45) is 5.84 Å². The Bertz CT molecular complexity index is 562. The third-order valence-electron chi connectivity index (χ3n) is 2.72. The lowest BCUT2D eigenvalue weighted by Crippen LogP contribution is -2.12. The van der Waals surface area contributed by atoms with Gasteiger partial charge in [-0.3, -0.25) is 0 Å². The van der Waals surface area contributed by atoms with Crippen molar-refractivity contribution in [1.29, 1.82) is 0 Å². The van der Waals surface area contributed by atoms with E-state index in [1.54, 1.807) is 0 Å². The Morgan fingerprint density at radius 3 is 2.79 bits per heavy atom. The first-order valence-corrected chi connectivity index (χ1v) is 6.72. The number of hydrazine groups is 1. The van der Waals surface area contributed by atoms with E-state index in [2.05, 4.69) is 31.3 Å². The molecule has 19 heavy (non-hydrogen) atoms. The quantitative estimate of drug-likeness (QED) is 0.654. The molecule has 0 aliphatic heterocycles. The molecule has 0 aliphatic rings. The predicted octanol–water partition coefficient (Wildman–Crippen LogP) is 2.67. The van der Waals surface area contributed by atoms with Gasteiger partial charge in [-0.1, -0.05) is 41.1 Å². The molecule has 0 radical (unpaired) electrons. The maximum absolute atomic E-state index is 5.76. The van der Waals surface area contributed by atoms with Crippen molar-refractivity contribution in [3.8, 4) is 5.88 Å². The molecule has 0 fully saturated rings. The molecule has 5 nitrogen and oxygen atoms in total. The van der Waals surface area contributed by atoms with Crippen LogP contribution in [0.15, 0.2) is 35.1 Å². The first-order chi connectivity index (χ1) is 9.26. The molecule has 1 aromatic carbocycles. The van der Waals surface area contributed by atoms with Crippen molar-refractivity contribution in [1.82, 2.24) is 9.97 Å². The first kappa shape index (κ1) is 13.8. The van der Waals surface area contributed by atoms with E-state index < -0.39 is 0 Å². The molecule has 0 aliphatic carbocycles. The number of ether oxygens (including phenoxy) is 1. The van der Waals surface area contributed by atoms with E-state index in [-0.39, 0.29) is 0 Å². The number of aromatic nitrogens is 2. The Balaban J connectivity index is 2.18. The van der Waals surface area contributed by atoms with Crippen molar-refractivity contribution >= 4 is 21.7 Å². The fourth-order valence-electron chi connectivity index (χ4n) is 1.73. The van der Waals surface area contributed by atoms with E-state index in [1.807, 2.05) is 31.2 Å². The maximum atomic E-state index is 5.76. The highest BCUT2D eigenvalue weighted by molar-refractivity contribution is 9.10. The van der Waals surface area contributed by atoms with E-state index >= 15 is 0 Å². The monoisotopic (exact) mass is 322 g/mol. The molecule has 6 heteroatoms. The molecule has 100 valence electrons. The van der Waals surface area contributed by atoms with Gasteiger partial charge in [0.25, 0.3) is 0 Å². The fraction of sp³-hybridized carbons (Fsp3) is 0.231. The highest BCUT2D eigenvalue weighted by Gasteiger charge is 2.10. The van der Waals surface area contributed by atoms with Crippen LogP contribution in [-0.4, -0.2) is 9.97 Å². The van der Waals surface area contributed by atoms with Crippen LogP contribution >= 0.6 is 15.9 Å². The number of hydrogen-bond donors (Lipinski definition) is 2. The van der Waals surface area contributed by atoms with Gasteiger partial charge in [0.05, 0.1) is 5.56 Å². The minimum atomic E-state index is 0.440. The molecule has 0 unspecified atom stereocenters. The van der Waals surface area contributed by atoms with Crippen LogP contribution in [0, 0.1) is 0 Å². The van der Waals surface area contributed by atoms with Crippen LogP contribution in [0.3, 0.4) is 0 Å². The number of benzene rings is 1. The van der Waals surface area contributed by atoms with Crippen LogP contribution in [0.2, 0.25) is 0 Å². The van der Waals surface area contributed by atoms with Crippen LogP contribution in [0.1, 0.15) is 18.1 Å². The summed E-state index contributed by atoms with van der Waals surface area (Å²) in [5, 5.41) is 0. The average Bonchev–Trinajstić information content (AvgIpc) is 2.45. The van der Waals surface area contributed by atoms with Crippen molar-refractivity contribution in [2.45, 2.75) is 20.0 Å². The summed E-state index contributed by atoms with van der Waals surface area (Å²) < 4.78 is 6.77. The second-order valence-corrected chi connectivity index (χ2v) is 4.74. The minimum Gasteiger partial charge on any atom is -0.472 e. The summed E-state index contributed by atoms with van der Waals surface area (Å²) in [6, 6.07) is 7.91. The van der Waals surface area contributed by atoms with Crippen molar-refractivity contribution < 1.29 is 4.74 Å². The van der Waals surface area contributed by atoms with Crippen molar-refractivity contribution in [3.63, 3.8) is 0 Å². The molecule has 0 saturated heterocycles. The van der Waals surface area contributed by atoms with Gasteiger partial charge in [-0.05, 0) is 12.5 Å². The van der Waals surface area contributed by atoms with Gasteiger partial charge >= 0.3 is 0 Å². The van der Waals surface area contributed by atoms with Gasteiger partial charge in [0.2, 0.25) is 5.88 Å². The molecule has 2 rings (SSSR count). The standard InChI is InChI=1S/C13H15BrN4O/c1-2-10-12(18-15)16-8-17-13(10)19-7-9-5-3-4-6-11(9)14/h3-6,8H,2,7,15H2,1H3,(H,16,17,18). The molecule has 0 saturated carbocycles. The van der Waals surface area contributed by atoms with E-state index in [0.29, 0.717) is 18.3 Å². The normalized spacial score (nSPS) is 10.3. The summed E-state index contributed by atoms with van der Waals surface area (Å²) in [5.41, 5.74) is 4.49. The summed E-state index contributed by atoms with van der Waals surface area (Å²) in [7, 11) is 0. The number of rotatable bonds is 5. The molecule has 2 aromatic rings. The van der Waals surface area contributed by atoms with E-state index in [0.717, 1.165) is 22.0 Å². The van der Waals surface area contributed by atoms with Gasteiger partial charge in [-0.25, -0.2) is 15.8 Å². The molecule has 0 atom stereocenters. The summed E-state index contributed by atoms with van der Waals surface area (Å²) in [5.74, 6) is 6.58. The molecule has 0 bridgehead atoms. The number of nitrogens with two attached hydrogens (primary N) is 1. The Kier molecular flexibility index (Phi) is 4.70. The van der Waals surface area contributed by atoms with Crippen LogP contribution in [-0.2, 0) is 13.0 Å². The highest BCUT2D eigenvalue weighted by atomic mass is 79.9. The summed E-state index contributed by atoms with van der Waals surface area (Å²) in [6.45, 7) is 2.44. The lowest BCUT2D eigenvalue weighted by Gasteiger charge is -2.12. The third kappa shape index (κ3) is 3.21. The second-order valence-electron chi connectivity index (χ2n) is 3.88. The third-order valence-corrected chi connectivity index (χ3v) is 3.49. The van der Waals surface area contributed by atoms with E-state index in [1.165, 1.54) is 6.33 Å². The fourth-order valence-corrected chi connectivity index (χ4v) is 2.12. The molecule has 0 spiro atoms. The smallest absolute Gasteiger partial charge is 0.222 e. The number of halogens is 1. The van der Waals surface area contributed by atoms with Gasteiger partial charge < -0.3 is 10.2 Å². The number of hydrogen-bond acceptors (Lipinski definition) is 5.